The molecule has 1 aromatic heterocycles. The fourth-order valence-corrected chi connectivity index (χ4v) is 1.44. The van der Waals surface area contributed by atoms with Crippen LogP contribution in [0, 0.1) is 6.92 Å². The summed E-state index contributed by atoms with van der Waals surface area (Å²) in [6.45, 7) is 9.43. The molecule has 0 atom stereocenters. The molecule has 1 rings (SSSR count). The smallest absolute Gasteiger partial charge is 0.407 e. The standard InChI is InChI=1S/C13H23N3O3/c1-10-8-11(16-19-10)9-14-6-5-7-15-12(17)18-13(2,3)4/h8,14H,5-7,9H2,1-4H3,(H,15,17). The molecule has 6 nitrogen and oxygen atoms in total. The quantitative estimate of drug-likeness (QED) is 0.772. The van der Waals surface area contributed by atoms with Crippen molar-refractivity contribution in [3.63, 3.8) is 0 Å². The number of rotatable bonds is 6. The molecule has 108 valence electrons. The summed E-state index contributed by atoms with van der Waals surface area (Å²) in [6.07, 6.45) is 0.454. The lowest BCUT2D eigenvalue weighted by atomic mass is 10.2. The predicted octanol–water partition coefficient (Wildman–Crippen LogP) is 1.99. The molecule has 1 aromatic rings. The second-order valence-electron chi connectivity index (χ2n) is 5.39. The van der Waals surface area contributed by atoms with E-state index in [-0.39, 0.29) is 6.09 Å². The van der Waals surface area contributed by atoms with Crippen LogP contribution in [-0.4, -0.2) is 29.9 Å². The average molecular weight is 269 g/mol. The van der Waals surface area contributed by atoms with E-state index in [2.05, 4.69) is 15.8 Å². The zero-order chi connectivity index (χ0) is 14.3. The molecule has 2 N–H and O–H groups in total. The Morgan fingerprint density at radius 2 is 2.16 bits per heavy atom. The summed E-state index contributed by atoms with van der Waals surface area (Å²) < 4.78 is 10.1. The lowest BCUT2D eigenvalue weighted by Gasteiger charge is -2.19. The van der Waals surface area contributed by atoms with Crippen molar-refractivity contribution in [3.8, 4) is 0 Å². The Labute approximate surface area is 113 Å². The van der Waals surface area contributed by atoms with Gasteiger partial charge in [0.15, 0.2) is 0 Å². The minimum Gasteiger partial charge on any atom is -0.444 e. The van der Waals surface area contributed by atoms with Crippen LogP contribution in [0.15, 0.2) is 10.6 Å². The van der Waals surface area contributed by atoms with Crippen molar-refractivity contribution in [3.05, 3.63) is 17.5 Å². The number of aromatic nitrogens is 1. The van der Waals surface area contributed by atoms with Gasteiger partial charge in [0.25, 0.3) is 0 Å². The molecule has 1 heterocycles. The number of hydrogen-bond acceptors (Lipinski definition) is 5. The van der Waals surface area contributed by atoms with Crippen molar-refractivity contribution in [1.82, 2.24) is 15.8 Å². The van der Waals surface area contributed by atoms with Crippen LogP contribution in [0.1, 0.15) is 38.6 Å². The van der Waals surface area contributed by atoms with Crippen LogP contribution < -0.4 is 10.6 Å². The molecule has 0 aliphatic heterocycles. The maximum atomic E-state index is 11.3. The SMILES string of the molecule is Cc1cc(CNCCCNC(=O)OC(C)(C)C)no1. The van der Waals surface area contributed by atoms with Gasteiger partial charge in [0, 0.05) is 19.2 Å². The Hall–Kier alpha value is -1.56. The zero-order valence-electron chi connectivity index (χ0n) is 12.1. The predicted molar refractivity (Wildman–Crippen MR) is 71.8 cm³/mol. The summed E-state index contributed by atoms with van der Waals surface area (Å²) in [5.41, 5.74) is 0.435. The number of hydrogen-bond donors (Lipinski definition) is 2. The van der Waals surface area contributed by atoms with Gasteiger partial charge in [-0.3, -0.25) is 0 Å². The zero-order valence-corrected chi connectivity index (χ0v) is 12.1. The maximum absolute atomic E-state index is 11.3. The first-order valence-electron chi connectivity index (χ1n) is 6.46. The lowest BCUT2D eigenvalue weighted by molar-refractivity contribution is 0.0527. The summed E-state index contributed by atoms with van der Waals surface area (Å²) >= 11 is 0. The summed E-state index contributed by atoms with van der Waals surface area (Å²) in [5.74, 6) is 0.809. The van der Waals surface area contributed by atoms with Gasteiger partial charge in [-0.2, -0.15) is 0 Å². The van der Waals surface area contributed by atoms with Gasteiger partial charge in [-0.1, -0.05) is 5.16 Å². The summed E-state index contributed by atoms with van der Waals surface area (Å²) in [4.78, 5) is 11.3. The van der Waals surface area contributed by atoms with Crippen LogP contribution in [0.2, 0.25) is 0 Å². The summed E-state index contributed by atoms with van der Waals surface area (Å²) in [6, 6.07) is 1.89. The fourth-order valence-electron chi connectivity index (χ4n) is 1.44. The van der Waals surface area contributed by atoms with Crippen molar-refractivity contribution in [2.75, 3.05) is 13.1 Å². The van der Waals surface area contributed by atoms with Gasteiger partial charge >= 0.3 is 6.09 Å². The average Bonchev–Trinajstić information content (AvgIpc) is 2.67. The molecule has 0 bridgehead atoms. The van der Waals surface area contributed by atoms with E-state index in [0.29, 0.717) is 13.1 Å². The lowest BCUT2D eigenvalue weighted by Crippen LogP contribution is -2.33. The third-order valence-electron chi connectivity index (χ3n) is 2.18. The largest absolute Gasteiger partial charge is 0.444 e. The monoisotopic (exact) mass is 269 g/mol. The number of nitrogens with one attached hydrogen (secondary N) is 2. The molecule has 0 radical (unpaired) electrons. The van der Waals surface area contributed by atoms with Gasteiger partial charge in [0.2, 0.25) is 0 Å². The highest BCUT2D eigenvalue weighted by atomic mass is 16.6. The van der Waals surface area contributed by atoms with Crippen molar-refractivity contribution >= 4 is 6.09 Å². The molecule has 0 spiro atoms. The molecule has 0 aliphatic rings. The molecule has 0 saturated carbocycles. The van der Waals surface area contributed by atoms with Gasteiger partial charge in [0.1, 0.15) is 11.4 Å². The third kappa shape index (κ3) is 7.46. The molecule has 19 heavy (non-hydrogen) atoms. The number of amides is 1. The molecule has 0 saturated heterocycles. The second kappa shape index (κ2) is 7.13. The van der Waals surface area contributed by atoms with Crippen LogP contribution in [0.5, 0.6) is 0 Å². The summed E-state index contributed by atoms with van der Waals surface area (Å²) in [5, 5.41) is 9.80. The Kier molecular flexibility index (Phi) is 5.82. The molecular weight excluding hydrogens is 246 g/mol. The first-order chi connectivity index (χ1) is 8.87. The Morgan fingerprint density at radius 3 is 2.74 bits per heavy atom. The summed E-state index contributed by atoms with van der Waals surface area (Å²) in [7, 11) is 0. The van der Waals surface area contributed by atoms with Crippen LogP contribution in [0.3, 0.4) is 0 Å². The normalized spacial score (nSPS) is 11.4. The van der Waals surface area contributed by atoms with Crippen molar-refractivity contribution < 1.29 is 14.1 Å². The Bertz CT molecular complexity index is 396. The van der Waals surface area contributed by atoms with Crippen LogP contribution >= 0.6 is 0 Å². The van der Waals surface area contributed by atoms with E-state index in [9.17, 15) is 4.79 Å². The van der Waals surface area contributed by atoms with Gasteiger partial charge < -0.3 is 19.9 Å². The molecule has 6 heteroatoms. The number of carbonyl (C=O) groups is 1. The number of ether oxygens (including phenoxy) is 1. The molecule has 0 unspecified atom stereocenters. The minimum atomic E-state index is -0.451. The number of nitrogens with zero attached hydrogens (tertiary/aromatic N) is 1. The fraction of sp³-hybridized carbons (Fsp3) is 0.692. The van der Waals surface area contributed by atoms with E-state index in [1.54, 1.807) is 0 Å². The van der Waals surface area contributed by atoms with Crippen molar-refractivity contribution in [1.29, 1.82) is 0 Å². The van der Waals surface area contributed by atoms with E-state index in [1.165, 1.54) is 0 Å². The second-order valence-corrected chi connectivity index (χ2v) is 5.39. The van der Waals surface area contributed by atoms with Crippen LogP contribution in [0.4, 0.5) is 4.79 Å². The Balaban J connectivity index is 2.01. The van der Waals surface area contributed by atoms with E-state index in [4.69, 9.17) is 9.26 Å². The molecule has 0 aliphatic carbocycles. The van der Waals surface area contributed by atoms with E-state index >= 15 is 0 Å². The number of aryl methyl sites for hydroxylation is 1. The van der Waals surface area contributed by atoms with Gasteiger partial charge in [-0.15, -0.1) is 0 Å². The van der Waals surface area contributed by atoms with Crippen LogP contribution in [0.25, 0.3) is 0 Å². The van der Waals surface area contributed by atoms with E-state index in [1.807, 2.05) is 33.8 Å². The number of carbonyl (C=O) groups excluding carboxylic acids is 1. The highest BCUT2D eigenvalue weighted by Gasteiger charge is 2.15. The van der Waals surface area contributed by atoms with Crippen molar-refractivity contribution in [2.24, 2.45) is 0 Å². The molecule has 1 amide bonds. The first kappa shape index (κ1) is 15.5. The molecular formula is C13H23N3O3. The topological polar surface area (TPSA) is 76.4 Å². The molecule has 0 fully saturated rings. The third-order valence-corrected chi connectivity index (χ3v) is 2.18. The van der Waals surface area contributed by atoms with Crippen LogP contribution in [-0.2, 0) is 11.3 Å². The maximum Gasteiger partial charge on any atom is 0.407 e. The minimum absolute atomic E-state index is 0.375. The Morgan fingerprint density at radius 1 is 1.42 bits per heavy atom. The van der Waals surface area contributed by atoms with Gasteiger partial charge in [0.05, 0.1) is 5.69 Å². The molecule has 0 aromatic carbocycles. The highest BCUT2D eigenvalue weighted by Crippen LogP contribution is 2.06. The van der Waals surface area contributed by atoms with E-state index < -0.39 is 5.60 Å². The van der Waals surface area contributed by atoms with Crippen molar-refractivity contribution in [2.45, 2.75) is 46.3 Å². The first-order valence-corrected chi connectivity index (χ1v) is 6.46. The number of alkyl carbamates (subject to hydrolysis) is 1. The van der Waals surface area contributed by atoms with Gasteiger partial charge in [-0.25, -0.2) is 4.79 Å². The van der Waals surface area contributed by atoms with E-state index in [0.717, 1.165) is 24.4 Å². The van der Waals surface area contributed by atoms with Gasteiger partial charge in [-0.05, 0) is 40.7 Å². The highest BCUT2D eigenvalue weighted by molar-refractivity contribution is 5.67.